The summed E-state index contributed by atoms with van der Waals surface area (Å²) >= 11 is 3.07. The number of hydrogen-bond acceptors (Lipinski definition) is 8. The number of amides is 1. The number of thioether (sulfide) groups is 1. The van der Waals surface area contributed by atoms with Gasteiger partial charge in [-0.3, -0.25) is 4.79 Å². The lowest BCUT2D eigenvalue weighted by Gasteiger charge is -2.32. The number of aromatic nitrogens is 3. The molecule has 2 aromatic heterocycles. The SMILES string of the molecule is N#Cc1nccnc1OC1CCCN(C(=O)CSc2nc3ccccc3s2)C1. The summed E-state index contributed by atoms with van der Waals surface area (Å²) in [5.41, 5.74) is 1.13. The van der Waals surface area contributed by atoms with Crippen molar-refractivity contribution in [3.63, 3.8) is 0 Å². The fourth-order valence-corrected chi connectivity index (χ4v) is 5.01. The molecule has 9 heteroatoms. The van der Waals surface area contributed by atoms with Crippen LogP contribution < -0.4 is 4.74 Å². The summed E-state index contributed by atoms with van der Waals surface area (Å²) in [4.78, 5) is 27.1. The number of piperidine rings is 1. The van der Waals surface area contributed by atoms with Crippen molar-refractivity contribution in [3.8, 4) is 11.9 Å². The first kappa shape index (κ1) is 18.7. The third-order valence-electron chi connectivity index (χ3n) is 4.37. The van der Waals surface area contributed by atoms with Gasteiger partial charge >= 0.3 is 0 Å². The van der Waals surface area contributed by atoms with E-state index in [1.807, 2.05) is 35.2 Å². The minimum atomic E-state index is -0.186. The summed E-state index contributed by atoms with van der Waals surface area (Å²) in [6, 6.07) is 9.95. The maximum absolute atomic E-state index is 12.7. The molecule has 1 amide bonds. The number of rotatable bonds is 5. The van der Waals surface area contributed by atoms with E-state index in [0.29, 0.717) is 18.8 Å². The van der Waals surface area contributed by atoms with Gasteiger partial charge in [0.25, 0.3) is 5.88 Å². The molecule has 0 bridgehead atoms. The van der Waals surface area contributed by atoms with Crippen LogP contribution in [0.25, 0.3) is 10.2 Å². The highest BCUT2D eigenvalue weighted by Crippen LogP contribution is 2.29. The zero-order valence-electron chi connectivity index (χ0n) is 14.9. The first-order valence-electron chi connectivity index (χ1n) is 8.87. The van der Waals surface area contributed by atoms with Crippen molar-refractivity contribution in [2.24, 2.45) is 0 Å². The Morgan fingerprint density at radius 1 is 1.36 bits per heavy atom. The van der Waals surface area contributed by atoms with Crippen molar-refractivity contribution < 1.29 is 9.53 Å². The zero-order chi connectivity index (χ0) is 19.3. The van der Waals surface area contributed by atoms with Crippen LogP contribution in [0.2, 0.25) is 0 Å². The number of carbonyl (C=O) groups excluding carboxylic acids is 1. The topological polar surface area (TPSA) is 92.0 Å². The molecule has 0 radical (unpaired) electrons. The first-order valence-corrected chi connectivity index (χ1v) is 10.7. The molecule has 3 heterocycles. The van der Waals surface area contributed by atoms with Crippen LogP contribution in [0.4, 0.5) is 0 Å². The molecular weight excluding hydrogens is 394 g/mol. The molecule has 28 heavy (non-hydrogen) atoms. The molecule has 1 aromatic carbocycles. The molecule has 1 atom stereocenters. The van der Waals surface area contributed by atoms with Crippen LogP contribution in [0.15, 0.2) is 41.0 Å². The molecule has 0 spiro atoms. The van der Waals surface area contributed by atoms with Crippen LogP contribution in [-0.4, -0.2) is 50.7 Å². The van der Waals surface area contributed by atoms with Gasteiger partial charge in [-0.15, -0.1) is 11.3 Å². The number of thiazole rings is 1. The van der Waals surface area contributed by atoms with Crippen molar-refractivity contribution >= 4 is 39.2 Å². The van der Waals surface area contributed by atoms with Crippen LogP contribution in [0.5, 0.6) is 5.88 Å². The summed E-state index contributed by atoms with van der Waals surface area (Å²) in [5.74, 6) is 0.645. The minimum absolute atomic E-state index is 0.0669. The summed E-state index contributed by atoms with van der Waals surface area (Å²) < 4.78 is 7.88. The molecule has 0 N–H and O–H groups in total. The molecular formula is C19H17N5O2S2. The summed E-state index contributed by atoms with van der Waals surface area (Å²) in [7, 11) is 0. The molecule has 7 nitrogen and oxygen atoms in total. The zero-order valence-corrected chi connectivity index (χ0v) is 16.6. The molecule has 142 valence electrons. The maximum Gasteiger partial charge on any atom is 0.251 e. The van der Waals surface area contributed by atoms with Gasteiger partial charge in [-0.1, -0.05) is 23.9 Å². The molecule has 0 saturated carbocycles. The third-order valence-corrected chi connectivity index (χ3v) is 6.54. The summed E-state index contributed by atoms with van der Waals surface area (Å²) in [6.07, 6.45) is 4.44. The van der Waals surface area contributed by atoms with E-state index in [1.165, 1.54) is 24.2 Å². The number of nitrogens with zero attached hydrogens (tertiary/aromatic N) is 5. The third kappa shape index (κ3) is 4.24. The standard InChI is InChI=1S/C19H17N5O2S2/c20-10-15-18(22-8-7-21-15)26-13-4-3-9-24(11-13)17(25)12-27-19-23-14-5-1-2-6-16(14)28-19/h1-2,5-8,13H,3-4,9,11-12H2. The quantitative estimate of drug-likeness (QED) is 0.596. The Kier molecular flexibility index (Phi) is 5.69. The second kappa shape index (κ2) is 8.54. The first-order chi connectivity index (χ1) is 13.7. The van der Waals surface area contributed by atoms with Crippen LogP contribution >= 0.6 is 23.1 Å². The Hall–Kier alpha value is -2.70. The minimum Gasteiger partial charge on any atom is -0.470 e. The van der Waals surface area contributed by atoms with E-state index in [-0.39, 0.29) is 23.6 Å². The van der Waals surface area contributed by atoms with E-state index in [4.69, 9.17) is 10.00 Å². The average molecular weight is 412 g/mol. The Morgan fingerprint density at radius 2 is 2.21 bits per heavy atom. The van der Waals surface area contributed by atoms with E-state index in [1.54, 1.807) is 11.3 Å². The van der Waals surface area contributed by atoms with Crippen LogP contribution in [0, 0.1) is 11.3 Å². The van der Waals surface area contributed by atoms with Gasteiger partial charge in [0.15, 0.2) is 4.34 Å². The largest absolute Gasteiger partial charge is 0.470 e. The van der Waals surface area contributed by atoms with Crippen molar-refractivity contribution in [1.82, 2.24) is 19.9 Å². The number of carbonyl (C=O) groups is 1. The monoisotopic (exact) mass is 411 g/mol. The fourth-order valence-electron chi connectivity index (χ4n) is 3.03. The molecule has 0 aliphatic carbocycles. The number of likely N-dealkylation sites (tertiary alicyclic amines) is 1. The van der Waals surface area contributed by atoms with Gasteiger partial charge in [-0.05, 0) is 25.0 Å². The Bertz CT molecular complexity index is 999. The van der Waals surface area contributed by atoms with Crippen LogP contribution in [-0.2, 0) is 4.79 Å². The number of nitriles is 1. The highest BCUT2D eigenvalue weighted by atomic mass is 32.2. The fraction of sp³-hybridized carbons (Fsp3) is 0.316. The molecule has 1 fully saturated rings. The Morgan fingerprint density at radius 3 is 3.07 bits per heavy atom. The van der Waals surface area contributed by atoms with E-state index in [9.17, 15) is 4.79 Å². The van der Waals surface area contributed by atoms with Crippen LogP contribution in [0.3, 0.4) is 0 Å². The number of ether oxygens (including phenoxy) is 1. The molecule has 1 saturated heterocycles. The van der Waals surface area contributed by atoms with Gasteiger partial charge in [0.2, 0.25) is 11.6 Å². The summed E-state index contributed by atoms with van der Waals surface area (Å²) in [5, 5.41) is 9.11. The van der Waals surface area contributed by atoms with Gasteiger partial charge < -0.3 is 9.64 Å². The number of hydrogen-bond donors (Lipinski definition) is 0. The van der Waals surface area contributed by atoms with Crippen molar-refractivity contribution in [1.29, 1.82) is 5.26 Å². The highest BCUT2D eigenvalue weighted by Gasteiger charge is 2.26. The van der Waals surface area contributed by atoms with E-state index < -0.39 is 0 Å². The van der Waals surface area contributed by atoms with E-state index in [0.717, 1.165) is 27.4 Å². The summed E-state index contributed by atoms with van der Waals surface area (Å²) in [6.45, 7) is 1.20. The Balaban J connectivity index is 1.34. The number of benzene rings is 1. The molecule has 1 unspecified atom stereocenters. The van der Waals surface area contributed by atoms with Crippen molar-refractivity contribution in [2.45, 2.75) is 23.3 Å². The maximum atomic E-state index is 12.7. The van der Waals surface area contributed by atoms with Gasteiger partial charge in [-0.2, -0.15) is 5.26 Å². The second-order valence-electron chi connectivity index (χ2n) is 6.28. The van der Waals surface area contributed by atoms with Gasteiger partial charge in [0.1, 0.15) is 12.2 Å². The van der Waals surface area contributed by atoms with E-state index in [2.05, 4.69) is 15.0 Å². The predicted octanol–water partition coefficient (Wildman–Crippen LogP) is 3.12. The van der Waals surface area contributed by atoms with Crippen LogP contribution in [0.1, 0.15) is 18.5 Å². The number of fused-ring (bicyclic) bond motifs is 1. The molecule has 1 aliphatic rings. The molecule has 4 rings (SSSR count). The van der Waals surface area contributed by atoms with Crippen molar-refractivity contribution in [2.75, 3.05) is 18.8 Å². The normalized spacial score (nSPS) is 16.7. The molecule has 1 aliphatic heterocycles. The highest BCUT2D eigenvalue weighted by molar-refractivity contribution is 8.01. The predicted molar refractivity (Wildman–Crippen MR) is 107 cm³/mol. The average Bonchev–Trinajstić information content (AvgIpc) is 3.15. The number of para-hydroxylation sites is 1. The van der Waals surface area contributed by atoms with Gasteiger partial charge in [-0.25, -0.2) is 15.0 Å². The lowest BCUT2D eigenvalue weighted by molar-refractivity contribution is -0.130. The molecule has 3 aromatic rings. The van der Waals surface area contributed by atoms with Gasteiger partial charge in [0, 0.05) is 18.9 Å². The lowest BCUT2D eigenvalue weighted by atomic mass is 10.1. The Labute approximate surface area is 170 Å². The van der Waals surface area contributed by atoms with E-state index >= 15 is 0 Å². The smallest absolute Gasteiger partial charge is 0.251 e. The lowest BCUT2D eigenvalue weighted by Crippen LogP contribution is -2.45. The van der Waals surface area contributed by atoms with Gasteiger partial charge in [0.05, 0.1) is 22.5 Å². The second-order valence-corrected chi connectivity index (χ2v) is 8.53. The van der Waals surface area contributed by atoms with Crippen molar-refractivity contribution in [3.05, 3.63) is 42.4 Å².